The summed E-state index contributed by atoms with van der Waals surface area (Å²) in [5.74, 6) is -0.345. The van der Waals surface area contributed by atoms with E-state index in [1.807, 2.05) is 4.90 Å². The van der Waals surface area contributed by atoms with Crippen LogP contribution in [0.15, 0.2) is 30.5 Å². The predicted molar refractivity (Wildman–Crippen MR) is 176 cm³/mol. The van der Waals surface area contributed by atoms with Crippen LogP contribution in [-0.2, 0) is 14.8 Å². The maximum Gasteiger partial charge on any atom is 0.236 e. The van der Waals surface area contributed by atoms with E-state index in [-0.39, 0.29) is 47.7 Å². The van der Waals surface area contributed by atoms with E-state index in [0.29, 0.717) is 41.3 Å². The van der Waals surface area contributed by atoms with Crippen LogP contribution in [-0.4, -0.2) is 84.9 Å². The number of amides is 1. The summed E-state index contributed by atoms with van der Waals surface area (Å²) in [5.41, 5.74) is 7.40. The molecule has 1 unspecified atom stereocenters. The highest BCUT2D eigenvalue weighted by molar-refractivity contribution is 7.89. The first-order valence-electron chi connectivity index (χ1n) is 15.2. The molecule has 3 aliphatic heterocycles. The van der Waals surface area contributed by atoms with Gasteiger partial charge in [-0.3, -0.25) is 9.69 Å². The highest BCUT2D eigenvalue weighted by Crippen LogP contribution is 2.43. The molecule has 0 aliphatic carbocycles. The van der Waals surface area contributed by atoms with Crippen molar-refractivity contribution in [3.05, 3.63) is 46.9 Å². The molecule has 3 aliphatic rings. The molecule has 1 aromatic carbocycles. The Morgan fingerprint density at radius 1 is 1.16 bits per heavy atom. The summed E-state index contributed by atoms with van der Waals surface area (Å²) in [6.07, 6.45) is 5.44. The van der Waals surface area contributed by atoms with E-state index in [1.165, 1.54) is 23.6 Å². The van der Waals surface area contributed by atoms with Crippen molar-refractivity contribution in [3.8, 4) is 21.8 Å². The number of carbonyl (C=O) groups excluding carboxylic acids is 1. The van der Waals surface area contributed by atoms with E-state index in [2.05, 4.69) is 20.2 Å². The Morgan fingerprint density at radius 2 is 1.87 bits per heavy atom. The molecule has 2 aromatic heterocycles. The molecule has 3 saturated heterocycles. The largest absolute Gasteiger partial charge is 0.368 e. The van der Waals surface area contributed by atoms with Crippen LogP contribution in [0, 0.1) is 11.2 Å². The summed E-state index contributed by atoms with van der Waals surface area (Å²) in [7, 11) is -4.03. The van der Waals surface area contributed by atoms with Crippen LogP contribution < -0.4 is 16.2 Å². The van der Waals surface area contributed by atoms with Gasteiger partial charge >= 0.3 is 0 Å². The average Bonchev–Trinajstić information content (AvgIpc) is 3.43. The minimum Gasteiger partial charge on any atom is -0.368 e. The summed E-state index contributed by atoms with van der Waals surface area (Å²) in [4.78, 5) is 31.3. The van der Waals surface area contributed by atoms with Gasteiger partial charge in [0.15, 0.2) is 0 Å². The second-order valence-corrected chi connectivity index (χ2v) is 15.0. The van der Waals surface area contributed by atoms with Gasteiger partial charge in [0.2, 0.25) is 21.9 Å². The third-order valence-corrected chi connectivity index (χ3v) is 12.0. The van der Waals surface area contributed by atoms with Gasteiger partial charge in [-0.05, 0) is 62.7 Å². The minimum absolute atomic E-state index is 0. The maximum absolute atomic E-state index is 16.1. The second-order valence-electron chi connectivity index (χ2n) is 12.3. The van der Waals surface area contributed by atoms with Crippen molar-refractivity contribution < 1.29 is 17.6 Å². The van der Waals surface area contributed by atoms with E-state index in [1.54, 1.807) is 25.1 Å². The zero-order chi connectivity index (χ0) is 31.1. The molecule has 0 saturated carbocycles. The number of nitrogens with one attached hydrogen (secondary N) is 1. The lowest BCUT2D eigenvalue weighted by Gasteiger charge is -2.48. The Kier molecular flexibility index (Phi) is 10.1. The van der Waals surface area contributed by atoms with Gasteiger partial charge in [0.05, 0.1) is 27.8 Å². The lowest BCUT2D eigenvalue weighted by Crippen LogP contribution is -2.59. The van der Waals surface area contributed by atoms with E-state index < -0.39 is 21.1 Å². The highest BCUT2D eigenvalue weighted by Gasteiger charge is 2.40. The summed E-state index contributed by atoms with van der Waals surface area (Å²) in [5, 5.41) is 8.47. The molecule has 3 aromatic rings. The molecule has 5 heterocycles. The molecule has 11 nitrogen and oxygen atoms in total. The van der Waals surface area contributed by atoms with Crippen molar-refractivity contribution in [1.82, 2.24) is 30.1 Å². The number of nitrogens with two attached hydrogens (primary N) is 2. The molecule has 1 spiro atoms. The fraction of sp³-hybridized carbons (Fsp3) is 0.533. The number of nitrogen functional groups attached to an aromatic ring is 1. The number of anilines is 1. The third-order valence-electron chi connectivity index (χ3n) is 9.42. The van der Waals surface area contributed by atoms with Gasteiger partial charge in [0, 0.05) is 49.4 Å². The van der Waals surface area contributed by atoms with Crippen molar-refractivity contribution >= 4 is 45.6 Å². The van der Waals surface area contributed by atoms with Crippen LogP contribution in [0.4, 0.5) is 10.3 Å². The van der Waals surface area contributed by atoms with E-state index in [4.69, 9.17) is 15.9 Å². The summed E-state index contributed by atoms with van der Waals surface area (Å²) >= 11 is 1.42. The Hall–Kier alpha value is -2.75. The Balaban J connectivity index is 0.00000400. The number of halogens is 2. The summed E-state index contributed by atoms with van der Waals surface area (Å²) in [6, 6.07) is 6.36. The van der Waals surface area contributed by atoms with Crippen LogP contribution in [0.2, 0.25) is 0 Å². The number of benzene rings is 1. The van der Waals surface area contributed by atoms with Gasteiger partial charge in [0.25, 0.3) is 0 Å². The Bertz CT molecular complexity index is 1630. The van der Waals surface area contributed by atoms with Gasteiger partial charge in [-0.1, -0.05) is 19.1 Å². The van der Waals surface area contributed by atoms with Crippen molar-refractivity contribution in [2.75, 3.05) is 51.5 Å². The summed E-state index contributed by atoms with van der Waals surface area (Å²) < 4.78 is 40.6. The van der Waals surface area contributed by atoms with Gasteiger partial charge in [0.1, 0.15) is 11.1 Å². The monoisotopic (exact) mass is 678 g/mol. The molecular weight excluding hydrogens is 639 g/mol. The van der Waals surface area contributed by atoms with Gasteiger partial charge in [-0.2, -0.15) is 0 Å². The molecule has 1 atom stereocenters. The molecule has 0 radical (unpaired) electrons. The van der Waals surface area contributed by atoms with Crippen molar-refractivity contribution in [2.45, 2.75) is 50.2 Å². The number of hydrogen-bond acceptors (Lipinski definition) is 10. The number of piperidine rings is 2. The topological polar surface area (TPSA) is 160 Å². The maximum atomic E-state index is 16.1. The number of thiazole rings is 1. The number of nitrogens with zero attached hydrogens (tertiary/aromatic N) is 5. The summed E-state index contributed by atoms with van der Waals surface area (Å²) in [6.45, 7) is 7.51. The number of aromatic nitrogens is 3. The number of hydrogen-bond donors (Lipinski definition) is 3. The van der Waals surface area contributed by atoms with Crippen LogP contribution in [0.3, 0.4) is 0 Å². The molecule has 3 fully saturated rings. The minimum atomic E-state index is -4.03. The van der Waals surface area contributed by atoms with Crippen LogP contribution in [0.5, 0.6) is 0 Å². The Labute approximate surface area is 273 Å². The van der Waals surface area contributed by atoms with E-state index in [0.717, 1.165) is 56.9 Å². The zero-order valence-corrected chi connectivity index (χ0v) is 27.7. The van der Waals surface area contributed by atoms with E-state index >= 15 is 4.39 Å². The molecule has 45 heavy (non-hydrogen) atoms. The molecule has 15 heteroatoms. The van der Waals surface area contributed by atoms with Crippen LogP contribution >= 0.6 is 23.7 Å². The van der Waals surface area contributed by atoms with Crippen molar-refractivity contribution in [1.29, 1.82) is 0 Å². The lowest BCUT2D eigenvalue weighted by atomic mass is 9.73. The fourth-order valence-corrected chi connectivity index (χ4v) is 8.88. The highest BCUT2D eigenvalue weighted by atomic mass is 35.5. The molecular formula is C30H40ClFN8O3S2. The third kappa shape index (κ3) is 7.00. The van der Waals surface area contributed by atoms with Crippen molar-refractivity contribution in [2.24, 2.45) is 10.6 Å². The second kappa shape index (κ2) is 13.5. The number of likely N-dealkylation sites (tertiary alicyclic amines) is 2. The molecule has 1 amide bonds. The fourth-order valence-electron chi connectivity index (χ4n) is 6.66. The van der Waals surface area contributed by atoms with Gasteiger partial charge < -0.3 is 16.0 Å². The van der Waals surface area contributed by atoms with E-state index in [9.17, 15) is 13.2 Å². The van der Waals surface area contributed by atoms with Gasteiger partial charge in [-0.25, -0.2) is 32.9 Å². The Morgan fingerprint density at radius 3 is 2.47 bits per heavy atom. The standard InChI is InChI=1S/C30H39FN8O3S2.ClH/c1-2-23(44(33,41)42)20-4-3-5-21(25(20)31)26-27(22-6-11-35-29(32)36-22)43-28(37-26)19-7-12-39(13-8-19)24(40)16-38-14-9-30(10-15-38)17-34-18-30;/h3-6,11,19,23,34H,2,7-10,12-18H2,1H3,(H2,32,35,36)(H2,33,41,42);1H. The lowest BCUT2D eigenvalue weighted by molar-refractivity contribution is -0.134. The molecule has 5 N–H and O–H groups in total. The van der Waals surface area contributed by atoms with Gasteiger partial charge in [-0.15, -0.1) is 23.7 Å². The molecule has 6 rings (SSSR count). The average molecular weight is 679 g/mol. The number of carbonyl (C=O) groups is 1. The van der Waals surface area contributed by atoms with Crippen LogP contribution in [0.25, 0.3) is 21.8 Å². The quantitative estimate of drug-likeness (QED) is 0.324. The molecule has 0 bridgehead atoms. The predicted octanol–water partition coefficient (Wildman–Crippen LogP) is 3.54. The first-order chi connectivity index (χ1) is 21.1. The normalized spacial score (nSPS) is 19.6. The number of sulfonamides is 1. The first-order valence-corrected chi connectivity index (χ1v) is 17.6. The first kappa shape index (κ1) is 33.6. The van der Waals surface area contributed by atoms with Crippen molar-refractivity contribution in [3.63, 3.8) is 0 Å². The molecule has 244 valence electrons. The van der Waals surface area contributed by atoms with Crippen LogP contribution in [0.1, 0.15) is 60.8 Å². The zero-order valence-electron chi connectivity index (χ0n) is 25.2. The smallest absolute Gasteiger partial charge is 0.236 e. The SMILES string of the molecule is CCC(c1cccc(-c2nc(C3CCN(C(=O)CN4CCC5(CC4)CNC5)CC3)sc2-c2ccnc(N)n2)c1F)S(N)(=O)=O.Cl. The number of primary sulfonamides is 1. The number of rotatable bonds is 8.